The van der Waals surface area contributed by atoms with Gasteiger partial charge in [-0.15, -0.1) is 12.4 Å². The third-order valence-corrected chi connectivity index (χ3v) is 3.64. The zero-order valence-corrected chi connectivity index (χ0v) is 12.6. The smallest absolute Gasteiger partial charge is 0.226 e. The van der Waals surface area contributed by atoms with Crippen LogP contribution in [0.25, 0.3) is 0 Å². The van der Waals surface area contributed by atoms with Gasteiger partial charge in [0.05, 0.1) is 0 Å². The number of nitrogens with zero attached hydrogens (tertiary/aromatic N) is 1. The fraction of sp³-hybridized carbons (Fsp3) is 0.533. The van der Waals surface area contributed by atoms with Crippen molar-refractivity contribution in [3.63, 3.8) is 0 Å². The number of hydrogen-bond donors (Lipinski definition) is 1. The Balaban J connectivity index is 0.00000200. The van der Waals surface area contributed by atoms with Crippen molar-refractivity contribution in [2.45, 2.75) is 26.3 Å². The van der Waals surface area contributed by atoms with Gasteiger partial charge in [0.15, 0.2) is 0 Å². The molecule has 1 heterocycles. The van der Waals surface area contributed by atoms with Crippen LogP contribution in [0, 0.1) is 11.7 Å². The summed E-state index contributed by atoms with van der Waals surface area (Å²) in [6.07, 6.45) is 1.80. The Morgan fingerprint density at radius 1 is 1.40 bits per heavy atom. The lowest BCUT2D eigenvalue weighted by Gasteiger charge is -2.29. The van der Waals surface area contributed by atoms with Crippen LogP contribution in [0.15, 0.2) is 24.3 Å². The summed E-state index contributed by atoms with van der Waals surface area (Å²) in [6.45, 7) is 4.95. The van der Waals surface area contributed by atoms with E-state index >= 15 is 0 Å². The molecule has 1 saturated heterocycles. The van der Waals surface area contributed by atoms with Gasteiger partial charge in [0.2, 0.25) is 5.91 Å². The summed E-state index contributed by atoms with van der Waals surface area (Å²) < 4.78 is 13.2. The first-order valence-electron chi connectivity index (χ1n) is 6.94. The number of amides is 1. The summed E-state index contributed by atoms with van der Waals surface area (Å²) in [4.78, 5) is 14.2. The molecule has 1 aliphatic rings. The van der Waals surface area contributed by atoms with Crippen molar-refractivity contribution in [2.75, 3.05) is 19.6 Å². The van der Waals surface area contributed by atoms with E-state index in [9.17, 15) is 9.18 Å². The molecule has 0 unspecified atom stereocenters. The van der Waals surface area contributed by atoms with Crippen LogP contribution in [0.4, 0.5) is 4.39 Å². The Labute approximate surface area is 125 Å². The molecule has 1 fully saturated rings. The van der Waals surface area contributed by atoms with Gasteiger partial charge in [0.1, 0.15) is 5.82 Å². The minimum atomic E-state index is -0.247. The number of hydrogen-bond acceptors (Lipinski definition) is 2. The van der Waals surface area contributed by atoms with E-state index in [1.54, 1.807) is 6.07 Å². The number of carbonyl (C=O) groups is 1. The van der Waals surface area contributed by atoms with Gasteiger partial charge in [-0.05, 0) is 50.6 Å². The topological polar surface area (TPSA) is 32.3 Å². The predicted molar refractivity (Wildman–Crippen MR) is 80.3 cm³/mol. The summed E-state index contributed by atoms with van der Waals surface area (Å²) >= 11 is 0. The minimum absolute atomic E-state index is 0. The number of nitrogens with one attached hydrogen (secondary N) is 1. The quantitative estimate of drug-likeness (QED) is 0.927. The molecule has 2 rings (SSSR count). The second-order valence-electron chi connectivity index (χ2n) is 5.01. The molecule has 1 amide bonds. The average Bonchev–Trinajstić information content (AvgIpc) is 2.45. The van der Waals surface area contributed by atoms with Crippen LogP contribution < -0.4 is 5.32 Å². The first-order chi connectivity index (χ1) is 9.20. The molecular weight excluding hydrogens is 279 g/mol. The number of halogens is 2. The molecule has 3 nitrogen and oxygen atoms in total. The lowest BCUT2D eigenvalue weighted by molar-refractivity contribution is -0.136. The van der Waals surface area contributed by atoms with Crippen molar-refractivity contribution in [3.8, 4) is 0 Å². The number of carbonyl (C=O) groups excluding carboxylic acids is 1. The Kier molecular flexibility index (Phi) is 6.96. The Bertz CT molecular complexity index is 436. The van der Waals surface area contributed by atoms with E-state index < -0.39 is 0 Å². The largest absolute Gasteiger partial charge is 0.338 e. The Morgan fingerprint density at radius 2 is 2.10 bits per heavy atom. The molecule has 0 atom stereocenters. The molecule has 0 bridgehead atoms. The van der Waals surface area contributed by atoms with Gasteiger partial charge < -0.3 is 10.2 Å². The standard InChI is InChI=1S/C15H21FN2O.ClH/c1-2-18(11-12-4-3-5-14(16)10-12)15(19)13-6-8-17-9-7-13;/h3-5,10,13,17H,2,6-9,11H2,1H3;1H. The summed E-state index contributed by atoms with van der Waals surface area (Å²) in [5.41, 5.74) is 0.851. The summed E-state index contributed by atoms with van der Waals surface area (Å²) in [6, 6.07) is 6.47. The average molecular weight is 301 g/mol. The normalized spacial score (nSPS) is 15.5. The molecule has 20 heavy (non-hydrogen) atoms. The van der Waals surface area contributed by atoms with Crippen LogP contribution in [0.5, 0.6) is 0 Å². The predicted octanol–water partition coefficient (Wildman–Crippen LogP) is 2.60. The van der Waals surface area contributed by atoms with Gasteiger partial charge in [-0.1, -0.05) is 12.1 Å². The summed E-state index contributed by atoms with van der Waals surface area (Å²) in [5, 5.41) is 3.26. The number of piperidine rings is 1. The molecule has 0 aliphatic carbocycles. The third-order valence-electron chi connectivity index (χ3n) is 3.64. The van der Waals surface area contributed by atoms with Crippen molar-refractivity contribution >= 4 is 18.3 Å². The fourth-order valence-corrected chi connectivity index (χ4v) is 2.53. The van der Waals surface area contributed by atoms with Gasteiger partial charge in [0, 0.05) is 19.0 Å². The van der Waals surface area contributed by atoms with Crippen molar-refractivity contribution in [3.05, 3.63) is 35.6 Å². The maximum absolute atomic E-state index is 13.2. The highest BCUT2D eigenvalue weighted by Gasteiger charge is 2.25. The van der Waals surface area contributed by atoms with E-state index in [2.05, 4.69) is 5.32 Å². The molecule has 1 aromatic carbocycles. The second kappa shape index (κ2) is 8.22. The molecule has 112 valence electrons. The molecule has 1 aromatic rings. The highest BCUT2D eigenvalue weighted by Crippen LogP contribution is 2.17. The summed E-state index contributed by atoms with van der Waals surface area (Å²) in [7, 11) is 0. The maximum Gasteiger partial charge on any atom is 0.226 e. The van der Waals surface area contributed by atoms with Gasteiger partial charge in [-0.25, -0.2) is 4.39 Å². The monoisotopic (exact) mass is 300 g/mol. The van der Waals surface area contributed by atoms with Gasteiger partial charge >= 0.3 is 0 Å². The highest BCUT2D eigenvalue weighted by molar-refractivity contribution is 5.85. The van der Waals surface area contributed by atoms with Crippen LogP contribution in [0.3, 0.4) is 0 Å². The first kappa shape index (κ1) is 16.9. The van der Waals surface area contributed by atoms with Crippen molar-refractivity contribution in [1.29, 1.82) is 0 Å². The molecule has 0 saturated carbocycles. The molecule has 1 N–H and O–H groups in total. The molecule has 5 heteroatoms. The van der Waals surface area contributed by atoms with Crippen LogP contribution in [-0.2, 0) is 11.3 Å². The fourth-order valence-electron chi connectivity index (χ4n) is 2.53. The Hall–Kier alpha value is -1.13. The van der Waals surface area contributed by atoms with Gasteiger partial charge in [-0.2, -0.15) is 0 Å². The lowest BCUT2D eigenvalue weighted by atomic mass is 9.96. The van der Waals surface area contributed by atoms with Crippen molar-refractivity contribution in [2.24, 2.45) is 5.92 Å². The van der Waals surface area contributed by atoms with Crippen LogP contribution in [-0.4, -0.2) is 30.4 Å². The zero-order chi connectivity index (χ0) is 13.7. The molecule has 0 aromatic heterocycles. The maximum atomic E-state index is 13.2. The number of benzene rings is 1. The van der Waals surface area contributed by atoms with Crippen LogP contribution in [0.1, 0.15) is 25.3 Å². The SMILES string of the molecule is CCN(Cc1cccc(F)c1)C(=O)C1CCNCC1.Cl. The van der Waals surface area contributed by atoms with E-state index in [0.717, 1.165) is 31.5 Å². The highest BCUT2D eigenvalue weighted by atomic mass is 35.5. The molecule has 1 aliphatic heterocycles. The van der Waals surface area contributed by atoms with E-state index in [4.69, 9.17) is 0 Å². The van der Waals surface area contributed by atoms with Gasteiger partial charge in [-0.3, -0.25) is 4.79 Å². The zero-order valence-electron chi connectivity index (χ0n) is 11.8. The van der Waals surface area contributed by atoms with Gasteiger partial charge in [0.25, 0.3) is 0 Å². The summed E-state index contributed by atoms with van der Waals surface area (Å²) in [5.74, 6) is 0.0749. The first-order valence-corrected chi connectivity index (χ1v) is 6.94. The second-order valence-corrected chi connectivity index (χ2v) is 5.01. The van der Waals surface area contributed by atoms with Crippen LogP contribution in [0.2, 0.25) is 0 Å². The lowest BCUT2D eigenvalue weighted by Crippen LogP contribution is -2.40. The molecular formula is C15H22ClFN2O. The van der Waals surface area contributed by atoms with E-state index in [-0.39, 0.29) is 30.0 Å². The van der Waals surface area contributed by atoms with E-state index in [1.165, 1.54) is 12.1 Å². The third kappa shape index (κ3) is 4.46. The minimum Gasteiger partial charge on any atom is -0.338 e. The van der Waals surface area contributed by atoms with Crippen molar-refractivity contribution < 1.29 is 9.18 Å². The molecule has 0 radical (unpaired) electrons. The van der Waals surface area contributed by atoms with Crippen LogP contribution >= 0.6 is 12.4 Å². The molecule has 0 spiro atoms. The number of rotatable bonds is 4. The Morgan fingerprint density at radius 3 is 2.70 bits per heavy atom. The van der Waals surface area contributed by atoms with E-state index in [0.29, 0.717) is 13.1 Å². The van der Waals surface area contributed by atoms with E-state index in [1.807, 2.05) is 17.9 Å². The van der Waals surface area contributed by atoms with Crippen molar-refractivity contribution in [1.82, 2.24) is 10.2 Å².